The van der Waals surface area contributed by atoms with Crippen LogP contribution in [0.2, 0.25) is 0 Å². The van der Waals surface area contributed by atoms with Crippen molar-refractivity contribution in [3.05, 3.63) is 52.0 Å². The van der Waals surface area contributed by atoms with E-state index in [-0.39, 0.29) is 17.6 Å². The molecule has 116 valence electrons. The summed E-state index contributed by atoms with van der Waals surface area (Å²) in [5.41, 5.74) is 0.589. The average molecular weight is 319 g/mol. The first-order chi connectivity index (χ1) is 10.6. The second-order valence-electron chi connectivity index (χ2n) is 5.56. The molecule has 2 heterocycles. The summed E-state index contributed by atoms with van der Waals surface area (Å²) in [6.07, 6.45) is 1.83. The number of benzene rings is 1. The highest BCUT2D eigenvalue weighted by Gasteiger charge is 2.28. The monoisotopic (exact) mass is 319 g/mol. The minimum Gasteiger partial charge on any atom is -0.319 e. The highest BCUT2D eigenvalue weighted by Crippen LogP contribution is 2.17. The molecule has 1 atom stereocenters. The second kappa shape index (κ2) is 6.54. The van der Waals surface area contributed by atoms with Crippen LogP contribution in [0.3, 0.4) is 0 Å². The zero-order chi connectivity index (χ0) is 15.5. The van der Waals surface area contributed by atoms with Crippen molar-refractivity contribution in [3.63, 3.8) is 0 Å². The first-order valence-corrected chi connectivity index (χ1v) is 8.20. The fourth-order valence-electron chi connectivity index (χ4n) is 2.38. The van der Waals surface area contributed by atoms with E-state index < -0.39 is 0 Å². The normalized spacial score (nSPS) is 17.3. The van der Waals surface area contributed by atoms with E-state index in [0.29, 0.717) is 22.8 Å². The highest BCUT2D eigenvalue weighted by atomic mass is 32.1. The lowest BCUT2D eigenvalue weighted by atomic mass is 9.88. The Hall–Kier alpha value is -1.79. The number of amides is 1. The SMILES string of the molecule is CC(C(=O)N=c1sccn1Cc1ccccc1F)C1CNC1. The summed E-state index contributed by atoms with van der Waals surface area (Å²) < 4.78 is 15.6. The molecule has 3 rings (SSSR count). The zero-order valence-electron chi connectivity index (χ0n) is 12.3. The number of hydrogen-bond donors (Lipinski definition) is 1. The summed E-state index contributed by atoms with van der Waals surface area (Å²) in [5.74, 6) is -0.0508. The molecule has 1 aliphatic heterocycles. The number of aromatic nitrogens is 1. The van der Waals surface area contributed by atoms with Crippen molar-refractivity contribution in [2.45, 2.75) is 13.5 Å². The van der Waals surface area contributed by atoms with Crippen molar-refractivity contribution in [2.24, 2.45) is 16.8 Å². The summed E-state index contributed by atoms with van der Waals surface area (Å²) in [6, 6.07) is 6.66. The smallest absolute Gasteiger partial charge is 0.251 e. The van der Waals surface area contributed by atoms with Gasteiger partial charge >= 0.3 is 0 Å². The van der Waals surface area contributed by atoms with E-state index in [4.69, 9.17) is 0 Å². The van der Waals surface area contributed by atoms with Crippen LogP contribution < -0.4 is 10.1 Å². The van der Waals surface area contributed by atoms with Crippen LogP contribution in [0.15, 0.2) is 40.8 Å². The first kappa shape index (κ1) is 15.1. The van der Waals surface area contributed by atoms with E-state index >= 15 is 0 Å². The number of carbonyl (C=O) groups excluding carboxylic acids is 1. The van der Waals surface area contributed by atoms with E-state index in [1.165, 1.54) is 17.4 Å². The molecule has 1 aromatic heterocycles. The Bertz CT molecular complexity index is 733. The van der Waals surface area contributed by atoms with Gasteiger partial charge in [0.25, 0.3) is 5.91 Å². The first-order valence-electron chi connectivity index (χ1n) is 7.32. The van der Waals surface area contributed by atoms with Crippen molar-refractivity contribution < 1.29 is 9.18 Å². The Morgan fingerprint density at radius 1 is 1.50 bits per heavy atom. The Morgan fingerprint density at radius 2 is 2.27 bits per heavy atom. The van der Waals surface area contributed by atoms with Gasteiger partial charge < -0.3 is 9.88 Å². The number of nitrogens with zero attached hydrogens (tertiary/aromatic N) is 2. The number of thiazole rings is 1. The molecule has 0 saturated carbocycles. The summed E-state index contributed by atoms with van der Waals surface area (Å²) in [6.45, 7) is 4.05. The molecule has 1 N–H and O–H groups in total. The molecular weight excluding hydrogens is 301 g/mol. The number of nitrogens with one attached hydrogen (secondary N) is 1. The lowest BCUT2D eigenvalue weighted by Gasteiger charge is -2.30. The van der Waals surface area contributed by atoms with Crippen molar-refractivity contribution in [1.82, 2.24) is 9.88 Å². The Kier molecular flexibility index (Phi) is 4.49. The van der Waals surface area contributed by atoms with Gasteiger partial charge in [0.1, 0.15) is 5.82 Å². The molecule has 0 radical (unpaired) electrons. The maximum atomic E-state index is 13.7. The van der Waals surface area contributed by atoms with E-state index in [9.17, 15) is 9.18 Å². The molecule has 0 spiro atoms. The summed E-state index contributed by atoms with van der Waals surface area (Å²) in [5, 5.41) is 5.03. The predicted molar refractivity (Wildman–Crippen MR) is 83.9 cm³/mol. The number of halogens is 1. The van der Waals surface area contributed by atoms with E-state index in [1.54, 1.807) is 18.2 Å². The van der Waals surface area contributed by atoms with Crippen LogP contribution in [0.5, 0.6) is 0 Å². The van der Waals surface area contributed by atoms with Gasteiger partial charge in [-0.1, -0.05) is 25.1 Å². The van der Waals surface area contributed by atoms with Gasteiger partial charge in [0.15, 0.2) is 4.80 Å². The van der Waals surface area contributed by atoms with E-state index in [2.05, 4.69) is 10.3 Å². The number of rotatable bonds is 4. The molecule has 1 aliphatic rings. The topological polar surface area (TPSA) is 46.4 Å². The van der Waals surface area contributed by atoms with Gasteiger partial charge in [0.2, 0.25) is 0 Å². The quantitative estimate of drug-likeness (QED) is 0.937. The molecule has 4 nitrogen and oxygen atoms in total. The molecule has 6 heteroatoms. The molecule has 0 aliphatic carbocycles. The van der Waals surface area contributed by atoms with Crippen LogP contribution in [-0.2, 0) is 11.3 Å². The van der Waals surface area contributed by atoms with Crippen LogP contribution in [-0.4, -0.2) is 23.6 Å². The summed E-state index contributed by atoms with van der Waals surface area (Å²) >= 11 is 1.40. The molecule has 2 aromatic rings. The third-order valence-electron chi connectivity index (χ3n) is 4.07. The van der Waals surface area contributed by atoms with Crippen molar-refractivity contribution in [3.8, 4) is 0 Å². The van der Waals surface area contributed by atoms with E-state index in [0.717, 1.165) is 13.1 Å². The van der Waals surface area contributed by atoms with Crippen LogP contribution >= 0.6 is 11.3 Å². The van der Waals surface area contributed by atoms with Gasteiger partial charge in [-0.2, -0.15) is 4.99 Å². The van der Waals surface area contributed by atoms with Gasteiger partial charge in [-0.15, -0.1) is 11.3 Å². The fourth-order valence-corrected chi connectivity index (χ4v) is 3.11. The lowest BCUT2D eigenvalue weighted by molar-refractivity contribution is -0.123. The molecule has 1 unspecified atom stereocenters. The Balaban J connectivity index is 1.81. The third-order valence-corrected chi connectivity index (χ3v) is 4.87. The maximum absolute atomic E-state index is 13.7. The zero-order valence-corrected chi connectivity index (χ0v) is 13.1. The van der Waals surface area contributed by atoms with Crippen molar-refractivity contribution >= 4 is 17.2 Å². The van der Waals surface area contributed by atoms with Crippen LogP contribution in [0.1, 0.15) is 12.5 Å². The Morgan fingerprint density at radius 3 is 2.95 bits per heavy atom. The highest BCUT2D eigenvalue weighted by molar-refractivity contribution is 7.07. The van der Waals surface area contributed by atoms with Gasteiger partial charge in [0, 0.05) is 23.1 Å². The summed E-state index contributed by atoms with van der Waals surface area (Å²) in [4.78, 5) is 17.1. The maximum Gasteiger partial charge on any atom is 0.251 e. The molecule has 1 saturated heterocycles. The largest absolute Gasteiger partial charge is 0.319 e. The lowest BCUT2D eigenvalue weighted by Crippen LogP contribution is -2.47. The van der Waals surface area contributed by atoms with Gasteiger partial charge in [-0.05, 0) is 25.1 Å². The molecule has 1 aromatic carbocycles. The van der Waals surface area contributed by atoms with Crippen LogP contribution in [0, 0.1) is 17.7 Å². The molecular formula is C16H18FN3OS. The minimum atomic E-state index is -0.243. The third kappa shape index (κ3) is 3.18. The fraction of sp³-hybridized carbons (Fsp3) is 0.375. The van der Waals surface area contributed by atoms with Gasteiger partial charge in [-0.3, -0.25) is 4.79 Å². The summed E-state index contributed by atoms with van der Waals surface area (Å²) in [7, 11) is 0. The standard InChI is InChI=1S/C16H18FN3OS/c1-11(13-8-18-9-13)15(21)19-16-20(6-7-22-16)10-12-4-2-3-5-14(12)17/h2-7,11,13,18H,8-10H2,1H3. The number of carbonyl (C=O) groups is 1. The number of hydrogen-bond acceptors (Lipinski definition) is 3. The van der Waals surface area contributed by atoms with Crippen LogP contribution in [0.25, 0.3) is 0 Å². The van der Waals surface area contributed by atoms with E-state index in [1.807, 2.05) is 23.1 Å². The second-order valence-corrected chi connectivity index (χ2v) is 6.43. The molecule has 1 amide bonds. The van der Waals surface area contributed by atoms with Gasteiger partial charge in [-0.25, -0.2) is 4.39 Å². The van der Waals surface area contributed by atoms with Gasteiger partial charge in [0.05, 0.1) is 6.54 Å². The van der Waals surface area contributed by atoms with Crippen molar-refractivity contribution in [2.75, 3.05) is 13.1 Å². The van der Waals surface area contributed by atoms with Crippen molar-refractivity contribution in [1.29, 1.82) is 0 Å². The predicted octanol–water partition coefficient (Wildman–Crippen LogP) is 2.02. The molecule has 1 fully saturated rings. The average Bonchev–Trinajstić information content (AvgIpc) is 2.86. The Labute approximate surface area is 132 Å². The van der Waals surface area contributed by atoms with Crippen LogP contribution in [0.4, 0.5) is 4.39 Å². The minimum absolute atomic E-state index is 0.0785. The molecule has 0 bridgehead atoms. The molecule has 22 heavy (non-hydrogen) atoms.